The summed E-state index contributed by atoms with van der Waals surface area (Å²) in [5, 5.41) is 3.11. The van der Waals surface area contributed by atoms with E-state index in [4.69, 9.17) is 21.1 Å². The molecule has 0 aliphatic carbocycles. The summed E-state index contributed by atoms with van der Waals surface area (Å²) in [7, 11) is 0. The maximum absolute atomic E-state index is 6.13. The molecule has 0 aromatic heterocycles. The van der Waals surface area contributed by atoms with E-state index in [1.54, 1.807) is 0 Å². The van der Waals surface area contributed by atoms with E-state index in [1.165, 1.54) is 11.1 Å². The Morgan fingerprint density at radius 1 is 1.05 bits per heavy atom. The Kier molecular flexibility index (Phi) is 4.09. The van der Waals surface area contributed by atoms with Crippen LogP contribution in [0, 0.1) is 0 Å². The summed E-state index contributed by atoms with van der Waals surface area (Å²) in [4.78, 5) is 0. The van der Waals surface area contributed by atoms with Gasteiger partial charge in [0.25, 0.3) is 0 Å². The zero-order chi connectivity index (χ0) is 13.8. The quantitative estimate of drug-likeness (QED) is 0.858. The predicted octanol–water partition coefficient (Wildman–Crippen LogP) is 2.37. The van der Waals surface area contributed by atoms with Gasteiger partial charge in [0.2, 0.25) is 6.79 Å². The Balaban J connectivity index is 1.49. The summed E-state index contributed by atoms with van der Waals surface area (Å²) in [5.74, 6) is 1.70. The number of hydrogen-bond donors (Lipinski definition) is 1. The van der Waals surface area contributed by atoms with Gasteiger partial charge in [-0.25, -0.2) is 0 Å². The lowest BCUT2D eigenvalue weighted by molar-refractivity contribution is -0.670. The lowest BCUT2D eigenvalue weighted by Gasteiger charge is -2.05. The van der Waals surface area contributed by atoms with Crippen molar-refractivity contribution < 1.29 is 14.8 Å². The second-order valence-electron chi connectivity index (χ2n) is 4.81. The van der Waals surface area contributed by atoms with Gasteiger partial charge in [-0.05, 0) is 23.8 Å². The van der Waals surface area contributed by atoms with Crippen molar-refractivity contribution in [1.29, 1.82) is 0 Å². The van der Waals surface area contributed by atoms with E-state index in [1.807, 2.05) is 24.3 Å². The maximum atomic E-state index is 6.13. The number of quaternary nitrogens is 1. The predicted molar refractivity (Wildman–Crippen MR) is 78.2 cm³/mol. The number of nitrogens with two attached hydrogens (primary N) is 1. The molecule has 2 N–H and O–H groups in total. The summed E-state index contributed by atoms with van der Waals surface area (Å²) in [6.07, 6.45) is 1.00. The van der Waals surface area contributed by atoms with Crippen LogP contribution in [0.3, 0.4) is 0 Å². The maximum Gasteiger partial charge on any atom is 0.231 e. The first-order valence-corrected chi connectivity index (χ1v) is 7.14. The Labute approximate surface area is 123 Å². The fourth-order valence-corrected chi connectivity index (χ4v) is 2.50. The van der Waals surface area contributed by atoms with Crippen molar-refractivity contribution in [2.75, 3.05) is 13.3 Å². The molecular formula is C16H17ClNO2+. The number of benzene rings is 2. The minimum Gasteiger partial charge on any atom is -0.454 e. The summed E-state index contributed by atoms with van der Waals surface area (Å²) >= 11 is 6.13. The molecule has 4 heteroatoms. The minimum atomic E-state index is 0.331. The molecule has 0 fully saturated rings. The van der Waals surface area contributed by atoms with E-state index >= 15 is 0 Å². The molecule has 1 aliphatic rings. The van der Waals surface area contributed by atoms with E-state index in [0.717, 1.165) is 36.0 Å². The summed E-state index contributed by atoms with van der Waals surface area (Å²) in [6, 6.07) is 14.1. The Morgan fingerprint density at radius 2 is 1.90 bits per heavy atom. The van der Waals surface area contributed by atoms with Crippen LogP contribution in [0.25, 0.3) is 0 Å². The van der Waals surface area contributed by atoms with E-state index < -0.39 is 0 Å². The van der Waals surface area contributed by atoms with Crippen LogP contribution >= 0.6 is 11.6 Å². The van der Waals surface area contributed by atoms with Crippen molar-refractivity contribution in [1.82, 2.24) is 0 Å². The number of rotatable bonds is 5. The zero-order valence-electron chi connectivity index (χ0n) is 11.1. The monoisotopic (exact) mass is 290 g/mol. The van der Waals surface area contributed by atoms with Crippen LogP contribution in [0.2, 0.25) is 5.02 Å². The van der Waals surface area contributed by atoms with E-state index in [0.29, 0.717) is 6.79 Å². The lowest BCUT2D eigenvalue weighted by atomic mass is 10.1. The lowest BCUT2D eigenvalue weighted by Crippen LogP contribution is -2.83. The number of ether oxygens (including phenoxy) is 2. The van der Waals surface area contributed by atoms with Crippen LogP contribution in [0.1, 0.15) is 11.1 Å². The molecule has 2 aromatic rings. The van der Waals surface area contributed by atoms with Crippen molar-refractivity contribution in [3.8, 4) is 11.5 Å². The minimum absolute atomic E-state index is 0.331. The molecule has 0 bridgehead atoms. The Morgan fingerprint density at radius 3 is 2.80 bits per heavy atom. The van der Waals surface area contributed by atoms with Gasteiger partial charge in [0.1, 0.15) is 6.54 Å². The molecule has 0 unspecified atom stereocenters. The van der Waals surface area contributed by atoms with Gasteiger partial charge in [-0.1, -0.05) is 35.9 Å². The highest BCUT2D eigenvalue weighted by atomic mass is 35.5. The van der Waals surface area contributed by atoms with E-state index in [9.17, 15) is 0 Å². The Hall–Kier alpha value is -1.71. The van der Waals surface area contributed by atoms with Gasteiger partial charge in [-0.3, -0.25) is 0 Å². The van der Waals surface area contributed by atoms with Crippen molar-refractivity contribution in [2.24, 2.45) is 0 Å². The first-order valence-electron chi connectivity index (χ1n) is 6.76. The van der Waals surface area contributed by atoms with Crippen LogP contribution in [0.15, 0.2) is 42.5 Å². The Bertz CT molecular complexity index is 601. The standard InChI is InChI=1S/C16H16ClNO2/c17-14-4-2-1-3-13(14)10-18-8-7-12-5-6-15-16(9-12)20-11-19-15/h1-6,9,18H,7-8,10-11H2/p+1. The molecule has 3 nitrogen and oxygen atoms in total. The fourth-order valence-electron chi connectivity index (χ4n) is 2.29. The van der Waals surface area contributed by atoms with Crippen molar-refractivity contribution in [3.05, 3.63) is 58.6 Å². The van der Waals surface area contributed by atoms with Crippen LogP contribution in [0.5, 0.6) is 11.5 Å². The van der Waals surface area contributed by atoms with Gasteiger partial charge in [-0.15, -0.1) is 0 Å². The van der Waals surface area contributed by atoms with Crippen LogP contribution in [0.4, 0.5) is 0 Å². The molecule has 104 valence electrons. The molecule has 0 atom stereocenters. The summed E-state index contributed by atoms with van der Waals surface area (Å²) in [5.41, 5.74) is 2.45. The molecule has 0 spiro atoms. The number of halogens is 1. The van der Waals surface area contributed by atoms with Crippen molar-refractivity contribution in [3.63, 3.8) is 0 Å². The topological polar surface area (TPSA) is 35.1 Å². The molecule has 1 aliphatic heterocycles. The number of hydrogen-bond acceptors (Lipinski definition) is 2. The van der Waals surface area contributed by atoms with Crippen molar-refractivity contribution in [2.45, 2.75) is 13.0 Å². The summed E-state index contributed by atoms with van der Waals surface area (Å²) in [6.45, 7) is 2.26. The molecular weight excluding hydrogens is 274 g/mol. The van der Waals surface area contributed by atoms with Gasteiger partial charge in [0.05, 0.1) is 6.54 Å². The van der Waals surface area contributed by atoms with E-state index in [2.05, 4.69) is 23.5 Å². The molecule has 0 saturated heterocycles. The molecule has 2 aromatic carbocycles. The largest absolute Gasteiger partial charge is 0.454 e. The third-order valence-electron chi connectivity index (χ3n) is 3.40. The first kappa shape index (κ1) is 13.3. The second kappa shape index (κ2) is 6.16. The first-order chi connectivity index (χ1) is 9.83. The molecule has 3 rings (SSSR count). The smallest absolute Gasteiger partial charge is 0.231 e. The van der Waals surface area contributed by atoms with Crippen molar-refractivity contribution >= 4 is 11.6 Å². The van der Waals surface area contributed by atoms with Gasteiger partial charge in [0, 0.05) is 17.0 Å². The molecule has 0 saturated carbocycles. The summed E-state index contributed by atoms with van der Waals surface area (Å²) < 4.78 is 10.7. The van der Waals surface area contributed by atoms with Crippen LogP contribution in [-0.4, -0.2) is 13.3 Å². The van der Waals surface area contributed by atoms with Gasteiger partial charge in [0.15, 0.2) is 11.5 Å². The van der Waals surface area contributed by atoms with Crippen LogP contribution < -0.4 is 14.8 Å². The molecule has 0 radical (unpaired) electrons. The molecule has 1 heterocycles. The third-order valence-corrected chi connectivity index (χ3v) is 3.76. The molecule has 0 amide bonds. The highest BCUT2D eigenvalue weighted by Gasteiger charge is 2.13. The molecule has 20 heavy (non-hydrogen) atoms. The third kappa shape index (κ3) is 3.06. The SMILES string of the molecule is Clc1ccccc1C[NH2+]CCc1ccc2c(c1)OCO2. The highest BCUT2D eigenvalue weighted by molar-refractivity contribution is 6.31. The average Bonchev–Trinajstić information content (AvgIpc) is 2.93. The highest BCUT2D eigenvalue weighted by Crippen LogP contribution is 2.32. The van der Waals surface area contributed by atoms with Gasteiger partial charge < -0.3 is 14.8 Å². The van der Waals surface area contributed by atoms with Gasteiger partial charge >= 0.3 is 0 Å². The number of fused-ring (bicyclic) bond motifs is 1. The fraction of sp³-hybridized carbons (Fsp3) is 0.250. The average molecular weight is 291 g/mol. The van der Waals surface area contributed by atoms with Crippen LogP contribution in [-0.2, 0) is 13.0 Å². The second-order valence-corrected chi connectivity index (χ2v) is 5.22. The zero-order valence-corrected chi connectivity index (χ0v) is 11.9. The van der Waals surface area contributed by atoms with E-state index in [-0.39, 0.29) is 0 Å². The van der Waals surface area contributed by atoms with Gasteiger partial charge in [-0.2, -0.15) is 0 Å². The normalized spacial score (nSPS) is 12.7.